The average molecular weight is 329 g/mol. The van der Waals surface area contributed by atoms with Crippen LogP contribution in [0.25, 0.3) is 0 Å². The summed E-state index contributed by atoms with van der Waals surface area (Å²) >= 11 is 0. The van der Waals surface area contributed by atoms with E-state index in [0.717, 1.165) is 19.5 Å². The minimum Gasteiger partial charge on any atom is -0.352 e. The molecule has 1 aromatic carbocycles. The Kier molecular flexibility index (Phi) is 5.90. The summed E-state index contributed by atoms with van der Waals surface area (Å²) in [5, 5.41) is 3.27. The van der Waals surface area contributed by atoms with Crippen molar-refractivity contribution in [2.24, 2.45) is 17.6 Å². The smallest absolute Gasteiger partial charge is 0.234 e. The van der Waals surface area contributed by atoms with Crippen LogP contribution in [-0.4, -0.2) is 43.0 Å². The molecule has 2 aliphatic rings. The molecular weight excluding hydrogens is 298 g/mol. The zero-order valence-corrected chi connectivity index (χ0v) is 14.8. The van der Waals surface area contributed by atoms with E-state index in [2.05, 4.69) is 41.4 Å². The van der Waals surface area contributed by atoms with Gasteiger partial charge in [0, 0.05) is 25.0 Å². The van der Waals surface area contributed by atoms with E-state index in [1.165, 1.54) is 24.8 Å². The molecule has 1 aromatic rings. The number of rotatable bonds is 5. The SMILES string of the molecule is CC1CCCCC1NC(=O)CN1C[C@@H](CN)[C@H](c2ccccc2)C1. The van der Waals surface area contributed by atoms with Crippen molar-refractivity contribution < 1.29 is 4.79 Å². The molecule has 132 valence electrons. The van der Waals surface area contributed by atoms with Gasteiger partial charge in [0.15, 0.2) is 0 Å². The molecule has 0 aromatic heterocycles. The fourth-order valence-corrected chi connectivity index (χ4v) is 4.39. The minimum atomic E-state index is 0.179. The Balaban J connectivity index is 1.55. The van der Waals surface area contributed by atoms with Gasteiger partial charge in [0.2, 0.25) is 5.91 Å². The second kappa shape index (κ2) is 8.13. The highest BCUT2D eigenvalue weighted by Gasteiger charge is 2.34. The molecule has 4 nitrogen and oxygen atoms in total. The summed E-state index contributed by atoms with van der Waals surface area (Å²) in [7, 11) is 0. The summed E-state index contributed by atoms with van der Waals surface area (Å²) in [6.07, 6.45) is 4.91. The summed E-state index contributed by atoms with van der Waals surface area (Å²) in [4.78, 5) is 14.7. The van der Waals surface area contributed by atoms with Crippen LogP contribution in [0.4, 0.5) is 0 Å². The van der Waals surface area contributed by atoms with Crippen molar-refractivity contribution in [2.75, 3.05) is 26.2 Å². The molecule has 1 aliphatic heterocycles. The standard InChI is InChI=1S/C20H31N3O/c1-15-7-5-6-10-19(15)22-20(24)14-23-12-17(11-21)18(13-23)16-8-3-2-4-9-16/h2-4,8-9,15,17-19H,5-7,10-14,21H2,1H3,(H,22,24)/t15?,17-,18+,19?/m1/s1. The van der Waals surface area contributed by atoms with Crippen LogP contribution >= 0.6 is 0 Å². The van der Waals surface area contributed by atoms with Crippen LogP contribution < -0.4 is 11.1 Å². The maximum Gasteiger partial charge on any atom is 0.234 e. The van der Waals surface area contributed by atoms with Crippen molar-refractivity contribution in [3.8, 4) is 0 Å². The van der Waals surface area contributed by atoms with Gasteiger partial charge in [-0.15, -0.1) is 0 Å². The lowest BCUT2D eigenvalue weighted by atomic mass is 9.86. The van der Waals surface area contributed by atoms with E-state index in [-0.39, 0.29) is 5.91 Å². The van der Waals surface area contributed by atoms with E-state index in [0.29, 0.717) is 36.9 Å². The van der Waals surface area contributed by atoms with Gasteiger partial charge in [-0.3, -0.25) is 9.69 Å². The Morgan fingerprint density at radius 2 is 1.96 bits per heavy atom. The summed E-state index contributed by atoms with van der Waals surface area (Å²) in [6, 6.07) is 10.9. The van der Waals surface area contributed by atoms with Crippen LogP contribution in [0.2, 0.25) is 0 Å². The van der Waals surface area contributed by atoms with Crippen LogP contribution in [0.1, 0.15) is 44.1 Å². The highest BCUT2D eigenvalue weighted by molar-refractivity contribution is 5.78. The Hall–Kier alpha value is -1.39. The van der Waals surface area contributed by atoms with E-state index in [9.17, 15) is 4.79 Å². The summed E-state index contributed by atoms with van der Waals surface area (Å²) in [6.45, 7) is 5.29. The molecule has 1 amide bonds. The van der Waals surface area contributed by atoms with Crippen molar-refractivity contribution in [3.05, 3.63) is 35.9 Å². The molecule has 1 aliphatic carbocycles. The highest BCUT2D eigenvalue weighted by atomic mass is 16.2. The number of benzene rings is 1. The zero-order valence-electron chi connectivity index (χ0n) is 14.8. The third-order valence-electron chi connectivity index (χ3n) is 5.87. The topological polar surface area (TPSA) is 58.4 Å². The minimum absolute atomic E-state index is 0.179. The highest BCUT2D eigenvalue weighted by Crippen LogP contribution is 2.31. The lowest BCUT2D eigenvalue weighted by Crippen LogP contribution is -2.45. The molecule has 1 saturated carbocycles. The second-order valence-electron chi connectivity index (χ2n) is 7.64. The van der Waals surface area contributed by atoms with Gasteiger partial charge in [0.25, 0.3) is 0 Å². The maximum absolute atomic E-state index is 12.5. The number of carbonyl (C=O) groups excluding carboxylic acids is 1. The fraction of sp³-hybridized carbons (Fsp3) is 0.650. The Morgan fingerprint density at radius 3 is 2.67 bits per heavy atom. The first-order valence-electron chi connectivity index (χ1n) is 9.44. The molecular formula is C20H31N3O. The monoisotopic (exact) mass is 329 g/mol. The molecule has 4 heteroatoms. The molecule has 3 N–H and O–H groups in total. The second-order valence-corrected chi connectivity index (χ2v) is 7.64. The van der Waals surface area contributed by atoms with Crippen molar-refractivity contribution in [1.29, 1.82) is 0 Å². The number of carbonyl (C=O) groups is 1. The van der Waals surface area contributed by atoms with Gasteiger partial charge in [0.05, 0.1) is 6.54 Å². The van der Waals surface area contributed by atoms with Gasteiger partial charge in [-0.2, -0.15) is 0 Å². The molecule has 24 heavy (non-hydrogen) atoms. The van der Waals surface area contributed by atoms with Gasteiger partial charge in [0.1, 0.15) is 0 Å². The number of hydrogen-bond donors (Lipinski definition) is 2. The van der Waals surface area contributed by atoms with E-state index < -0.39 is 0 Å². The average Bonchev–Trinajstić information content (AvgIpc) is 3.00. The molecule has 0 radical (unpaired) electrons. The first kappa shape index (κ1) is 17.4. The number of amides is 1. The van der Waals surface area contributed by atoms with Gasteiger partial charge < -0.3 is 11.1 Å². The summed E-state index contributed by atoms with van der Waals surface area (Å²) < 4.78 is 0. The Labute approximate surface area is 145 Å². The van der Waals surface area contributed by atoms with Gasteiger partial charge in [-0.25, -0.2) is 0 Å². The van der Waals surface area contributed by atoms with Crippen LogP contribution in [0.3, 0.4) is 0 Å². The van der Waals surface area contributed by atoms with Crippen molar-refractivity contribution in [2.45, 2.75) is 44.6 Å². The van der Waals surface area contributed by atoms with Gasteiger partial charge in [-0.1, -0.05) is 50.1 Å². The largest absolute Gasteiger partial charge is 0.352 e. The predicted octanol–water partition coefficient (Wildman–Crippen LogP) is 2.36. The summed E-state index contributed by atoms with van der Waals surface area (Å²) in [5.41, 5.74) is 7.34. The van der Waals surface area contributed by atoms with Gasteiger partial charge in [-0.05, 0) is 36.8 Å². The Bertz CT molecular complexity index is 533. The molecule has 0 bridgehead atoms. The number of nitrogens with two attached hydrogens (primary N) is 1. The normalized spacial score (nSPS) is 31.1. The van der Waals surface area contributed by atoms with Crippen LogP contribution in [0.15, 0.2) is 30.3 Å². The first-order valence-corrected chi connectivity index (χ1v) is 9.44. The lowest BCUT2D eigenvalue weighted by Gasteiger charge is -2.30. The lowest BCUT2D eigenvalue weighted by molar-refractivity contribution is -0.123. The molecule has 1 heterocycles. The van der Waals surface area contributed by atoms with Gasteiger partial charge >= 0.3 is 0 Å². The zero-order chi connectivity index (χ0) is 16.9. The van der Waals surface area contributed by atoms with E-state index in [1.54, 1.807) is 0 Å². The molecule has 2 fully saturated rings. The van der Waals surface area contributed by atoms with Crippen molar-refractivity contribution >= 4 is 5.91 Å². The fourth-order valence-electron chi connectivity index (χ4n) is 4.39. The van der Waals surface area contributed by atoms with E-state index >= 15 is 0 Å². The third kappa shape index (κ3) is 4.17. The third-order valence-corrected chi connectivity index (χ3v) is 5.87. The van der Waals surface area contributed by atoms with Crippen molar-refractivity contribution in [1.82, 2.24) is 10.2 Å². The van der Waals surface area contributed by atoms with E-state index in [4.69, 9.17) is 5.73 Å². The quantitative estimate of drug-likeness (QED) is 0.872. The van der Waals surface area contributed by atoms with Crippen LogP contribution in [0.5, 0.6) is 0 Å². The number of likely N-dealkylation sites (tertiary alicyclic amines) is 1. The van der Waals surface area contributed by atoms with Crippen molar-refractivity contribution in [3.63, 3.8) is 0 Å². The van der Waals surface area contributed by atoms with Crippen LogP contribution in [0, 0.1) is 11.8 Å². The molecule has 1 saturated heterocycles. The Morgan fingerprint density at radius 1 is 1.21 bits per heavy atom. The number of hydrogen-bond acceptors (Lipinski definition) is 3. The maximum atomic E-state index is 12.5. The molecule has 0 spiro atoms. The number of nitrogens with one attached hydrogen (secondary N) is 1. The van der Waals surface area contributed by atoms with E-state index in [1.807, 2.05) is 6.07 Å². The predicted molar refractivity (Wildman–Crippen MR) is 97.7 cm³/mol. The first-order chi connectivity index (χ1) is 11.7. The number of nitrogens with zero attached hydrogens (tertiary/aromatic N) is 1. The molecule has 3 rings (SSSR count). The summed E-state index contributed by atoms with van der Waals surface area (Å²) in [5.74, 6) is 1.67. The molecule has 4 atom stereocenters. The molecule has 2 unspecified atom stereocenters. The van der Waals surface area contributed by atoms with Crippen LogP contribution in [-0.2, 0) is 4.79 Å².